The van der Waals surface area contributed by atoms with E-state index in [0.717, 1.165) is 18.5 Å². The summed E-state index contributed by atoms with van der Waals surface area (Å²) in [5.41, 5.74) is 0.925. The fourth-order valence-corrected chi connectivity index (χ4v) is 2.51. The number of hydrogen-bond donors (Lipinski definition) is 2. The molecule has 1 aliphatic rings. The van der Waals surface area contributed by atoms with E-state index in [-0.39, 0.29) is 23.7 Å². The van der Waals surface area contributed by atoms with E-state index in [2.05, 4.69) is 10.6 Å². The van der Waals surface area contributed by atoms with Gasteiger partial charge in [-0.3, -0.25) is 4.79 Å². The molecule has 3 nitrogen and oxygen atoms in total. The predicted octanol–water partition coefficient (Wildman–Crippen LogP) is 2.01. The van der Waals surface area contributed by atoms with Crippen LogP contribution in [0.4, 0.5) is 4.39 Å². The number of carbonyl (C=O) groups is 1. The molecule has 0 bridgehead atoms. The van der Waals surface area contributed by atoms with Crippen LogP contribution in [0.15, 0.2) is 24.3 Å². The van der Waals surface area contributed by atoms with Crippen LogP contribution < -0.4 is 10.6 Å². The third-order valence-electron chi connectivity index (χ3n) is 3.45. The number of nitrogens with one attached hydrogen (secondary N) is 2. The minimum Gasteiger partial charge on any atom is -0.350 e. The molecule has 19 heavy (non-hydrogen) atoms. The van der Waals surface area contributed by atoms with Crippen molar-refractivity contribution in [1.29, 1.82) is 0 Å². The van der Waals surface area contributed by atoms with E-state index >= 15 is 0 Å². The molecule has 104 valence electrons. The van der Waals surface area contributed by atoms with Crippen molar-refractivity contribution in [2.24, 2.45) is 0 Å². The highest BCUT2D eigenvalue weighted by molar-refractivity contribution is 6.30. The number of carbonyl (C=O) groups excluding carboxylic acids is 1. The summed E-state index contributed by atoms with van der Waals surface area (Å²) in [7, 11) is 0. The van der Waals surface area contributed by atoms with E-state index in [1.165, 1.54) is 6.07 Å². The lowest BCUT2D eigenvalue weighted by atomic mass is 9.86. The summed E-state index contributed by atoms with van der Waals surface area (Å²) in [6.07, 6.45) is 0.866. The van der Waals surface area contributed by atoms with Gasteiger partial charge in [-0.2, -0.15) is 0 Å². The lowest BCUT2D eigenvalue weighted by Gasteiger charge is -2.33. The van der Waals surface area contributed by atoms with E-state index < -0.39 is 5.38 Å². The molecule has 3 unspecified atom stereocenters. The fraction of sp³-hybridized carbons (Fsp3) is 0.500. The quantitative estimate of drug-likeness (QED) is 0.834. The van der Waals surface area contributed by atoms with Crippen LogP contribution in [0.25, 0.3) is 0 Å². The molecule has 1 aliphatic heterocycles. The first-order valence-electron chi connectivity index (χ1n) is 6.48. The maximum Gasteiger partial charge on any atom is 0.238 e. The van der Waals surface area contributed by atoms with Gasteiger partial charge in [-0.15, -0.1) is 11.6 Å². The van der Waals surface area contributed by atoms with Crippen LogP contribution in [-0.4, -0.2) is 30.4 Å². The van der Waals surface area contributed by atoms with Gasteiger partial charge in [-0.25, -0.2) is 4.39 Å². The first kappa shape index (κ1) is 14.3. The Labute approximate surface area is 117 Å². The van der Waals surface area contributed by atoms with Crippen molar-refractivity contribution < 1.29 is 9.18 Å². The van der Waals surface area contributed by atoms with Gasteiger partial charge in [0.2, 0.25) is 5.91 Å². The molecule has 0 aromatic heterocycles. The number of halogens is 2. The van der Waals surface area contributed by atoms with Gasteiger partial charge in [0.05, 0.1) is 0 Å². The maximum atomic E-state index is 13.3. The number of benzene rings is 1. The van der Waals surface area contributed by atoms with Gasteiger partial charge in [0.1, 0.15) is 11.2 Å². The second kappa shape index (κ2) is 6.35. The molecule has 0 spiro atoms. The van der Waals surface area contributed by atoms with Crippen molar-refractivity contribution in [2.75, 3.05) is 13.1 Å². The Kier molecular flexibility index (Phi) is 4.77. The second-order valence-corrected chi connectivity index (χ2v) is 5.54. The third kappa shape index (κ3) is 3.67. The first-order valence-corrected chi connectivity index (χ1v) is 6.92. The van der Waals surface area contributed by atoms with Gasteiger partial charge < -0.3 is 10.6 Å². The molecule has 5 heteroatoms. The van der Waals surface area contributed by atoms with Crippen molar-refractivity contribution in [2.45, 2.75) is 30.7 Å². The van der Waals surface area contributed by atoms with E-state index in [9.17, 15) is 9.18 Å². The molecule has 1 aromatic rings. The maximum absolute atomic E-state index is 13.3. The van der Waals surface area contributed by atoms with Crippen molar-refractivity contribution in [3.05, 3.63) is 35.6 Å². The van der Waals surface area contributed by atoms with Gasteiger partial charge in [0, 0.05) is 18.5 Å². The Bertz CT molecular complexity index is 453. The van der Waals surface area contributed by atoms with Gasteiger partial charge in [-0.05, 0) is 37.6 Å². The van der Waals surface area contributed by atoms with Crippen LogP contribution in [0.3, 0.4) is 0 Å². The van der Waals surface area contributed by atoms with Crippen LogP contribution in [0.1, 0.15) is 24.8 Å². The molecule has 3 atom stereocenters. The zero-order valence-corrected chi connectivity index (χ0v) is 11.6. The van der Waals surface area contributed by atoms with E-state index in [0.29, 0.717) is 6.54 Å². The zero-order valence-electron chi connectivity index (χ0n) is 10.8. The van der Waals surface area contributed by atoms with Crippen LogP contribution in [0.5, 0.6) is 0 Å². The monoisotopic (exact) mass is 284 g/mol. The number of piperidine rings is 1. The van der Waals surface area contributed by atoms with Crippen LogP contribution >= 0.6 is 11.6 Å². The summed E-state index contributed by atoms with van der Waals surface area (Å²) in [5, 5.41) is 5.61. The minimum atomic E-state index is -0.560. The van der Waals surface area contributed by atoms with Crippen molar-refractivity contribution >= 4 is 17.5 Å². The van der Waals surface area contributed by atoms with Gasteiger partial charge in [0.15, 0.2) is 0 Å². The Morgan fingerprint density at radius 3 is 3.05 bits per heavy atom. The zero-order chi connectivity index (χ0) is 13.8. The Balaban J connectivity index is 2.14. The van der Waals surface area contributed by atoms with E-state index in [4.69, 9.17) is 11.6 Å². The van der Waals surface area contributed by atoms with Crippen molar-refractivity contribution in [3.63, 3.8) is 0 Å². The Morgan fingerprint density at radius 1 is 1.58 bits per heavy atom. The highest BCUT2D eigenvalue weighted by Gasteiger charge is 2.28. The number of hydrogen-bond acceptors (Lipinski definition) is 2. The minimum absolute atomic E-state index is 0.0516. The summed E-state index contributed by atoms with van der Waals surface area (Å²) in [4.78, 5) is 11.7. The summed E-state index contributed by atoms with van der Waals surface area (Å²) in [6.45, 7) is 3.19. The third-order valence-corrected chi connectivity index (χ3v) is 3.65. The normalized spacial score (nSPS) is 24.8. The fourth-order valence-electron chi connectivity index (χ4n) is 2.44. The van der Waals surface area contributed by atoms with E-state index in [1.54, 1.807) is 19.1 Å². The Morgan fingerprint density at radius 2 is 2.37 bits per heavy atom. The summed E-state index contributed by atoms with van der Waals surface area (Å²) in [6, 6.07) is 6.53. The first-order chi connectivity index (χ1) is 9.08. The SMILES string of the molecule is CC(Cl)C(=O)NC1CNCCC1c1cccc(F)c1. The molecule has 2 N–H and O–H groups in total. The summed E-state index contributed by atoms with van der Waals surface area (Å²) in [5.74, 6) is -0.306. The summed E-state index contributed by atoms with van der Waals surface area (Å²) < 4.78 is 13.3. The predicted molar refractivity (Wildman–Crippen MR) is 73.9 cm³/mol. The molecule has 0 saturated carbocycles. The van der Waals surface area contributed by atoms with E-state index in [1.807, 2.05) is 6.07 Å². The van der Waals surface area contributed by atoms with Crippen LogP contribution in [-0.2, 0) is 4.79 Å². The lowest BCUT2D eigenvalue weighted by molar-refractivity contribution is -0.121. The molecule has 2 rings (SSSR count). The topological polar surface area (TPSA) is 41.1 Å². The largest absolute Gasteiger partial charge is 0.350 e. The number of rotatable bonds is 3. The number of alkyl halides is 1. The van der Waals surface area contributed by atoms with Gasteiger partial charge >= 0.3 is 0 Å². The van der Waals surface area contributed by atoms with Gasteiger partial charge in [-0.1, -0.05) is 12.1 Å². The highest BCUT2D eigenvalue weighted by Crippen LogP contribution is 2.26. The molecule has 0 aliphatic carbocycles. The molecule has 0 radical (unpaired) electrons. The molecular weight excluding hydrogens is 267 g/mol. The second-order valence-electron chi connectivity index (χ2n) is 4.89. The van der Waals surface area contributed by atoms with Gasteiger partial charge in [0.25, 0.3) is 0 Å². The Hall–Kier alpha value is -1.13. The molecule has 1 amide bonds. The number of amides is 1. The van der Waals surface area contributed by atoms with Crippen LogP contribution in [0.2, 0.25) is 0 Å². The smallest absolute Gasteiger partial charge is 0.238 e. The average molecular weight is 285 g/mol. The highest BCUT2D eigenvalue weighted by atomic mass is 35.5. The van der Waals surface area contributed by atoms with Crippen molar-refractivity contribution in [3.8, 4) is 0 Å². The molecule has 1 heterocycles. The van der Waals surface area contributed by atoms with Crippen molar-refractivity contribution in [1.82, 2.24) is 10.6 Å². The average Bonchev–Trinajstić information content (AvgIpc) is 2.39. The lowest BCUT2D eigenvalue weighted by Crippen LogP contribution is -2.51. The molecule has 1 saturated heterocycles. The molecule has 1 aromatic carbocycles. The molecular formula is C14H18ClFN2O. The molecule has 1 fully saturated rings. The standard InChI is InChI=1S/C14H18ClFN2O/c1-9(15)14(19)18-13-8-17-6-5-12(13)10-3-2-4-11(16)7-10/h2-4,7,9,12-13,17H,5-6,8H2,1H3,(H,18,19). The summed E-state index contributed by atoms with van der Waals surface area (Å²) >= 11 is 5.77. The van der Waals surface area contributed by atoms with Crippen LogP contribution in [0, 0.1) is 5.82 Å².